The topological polar surface area (TPSA) is 41.1 Å². The van der Waals surface area contributed by atoms with Gasteiger partial charge in [0, 0.05) is 35.6 Å². The summed E-state index contributed by atoms with van der Waals surface area (Å²) in [6.45, 7) is 2.71. The molecule has 5 heteroatoms. The van der Waals surface area contributed by atoms with E-state index in [1.54, 1.807) is 18.2 Å². The quantitative estimate of drug-likeness (QED) is 0.879. The van der Waals surface area contributed by atoms with E-state index in [0.717, 1.165) is 25.2 Å². The Morgan fingerprint density at radius 3 is 2.76 bits per heavy atom. The lowest BCUT2D eigenvalue weighted by Crippen LogP contribution is -2.48. The van der Waals surface area contributed by atoms with Gasteiger partial charge in [0.1, 0.15) is 0 Å². The van der Waals surface area contributed by atoms with Gasteiger partial charge in [0.2, 0.25) is 5.91 Å². The second-order valence-electron chi connectivity index (χ2n) is 4.24. The molecule has 2 rings (SSSR count). The Morgan fingerprint density at radius 1 is 1.41 bits per heavy atom. The second-order valence-corrected chi connectivity index (χ2v) is 5.08. The molecule has 1 aliphatic rings. The van der Waals surface area contributed by atoms with E-state index in [4.69, 9.17) is 23.2 Å². The molecular weight excluding hydrogens is 259 g/mol. The number of carbonyl (C=O) groups excluding carboxylic acids is 1. The third kappa shape index (κ3) is 3.60. The molecule has 1 heterocycles. The average Bonchev–Trinajstić information content (AvgIpc) is 2.20. The van der Waals surface area contributed by atoms with Crippen LogP contribution < -0.4 is 10.6 Å². The van der Waals surface area contributed by atoms with Gasteiger partial charge in [-0.15, -0.1) is 0 Å². The van der Waals surface area contributed by atoms with Gasteiger partial charge in [-0.25, -0.2) is 0 Å². The minimum atomic E-state index is 0.00104. The molecule has 3 nitrogen and oxygen atoms in total. The third-order valence-electron chi connectivity index (χ3n) is 2.82. The van der Waals surface area contributed by atoms with Crippen molar-refractivity contribution in [3.8, 4) is 0 Å². The van der Waals surface area contributed by atoms with Gasteiger partial charge in [0.25, 0.3) is 0 Å². The molecular formula is C12H14Cl2N2O. The molecule has 1 aliphatic heterocycles. The summed E-state index contributed by atoms with van der Waals surface area (Å²) in [5, 5.41) is 7.19. The van der Waals surface area contributed by atoms with Crippen molar-refractivity contribution in [1.29, 1.82) is 0 Å². The molecule has 0 atom stereocenters. The van der Waals surface area contributed by atoms with Gasteiger partial charge in [-0.3, -0.25) is 4.79 Å². The van der Waals surface area contributed by atoms with E-state index in [0.29, 0.717) is 22.4 Å². The van der Waals surface area contributed by atoms with Crippen LogP contribution in [0.4, 0.5) is 0 Å². The Balaban J connectivity index is 1.84. The molecule has 1 aromatic rings. The number of rotatable bonds is 4. The number of benzene rings is 1. The monoisotopic (exact) mass is 272 g/mol. The molecule has 0 aromatic heterocycles. The van der Waals surface area contributed by atoms with Crippen molar-refractivity contribution < 1.29 is 4.79 Å². The van der Waals surface area contributed by atoms with Gasteiger partial charge in [-0.05, 0) is 17.7 Å². The molecule has 0 saturated carbocycles. The highest BCUT2D eigenvalue weighted by molar-refractivity contribution is 6.35. The zero-order chi connectivity index (χ0) is 12.3. The van der Waals surface area contributed by atoms with Crippen LogP contribution >= 0.6 is 23.2 Å². The SMILES string of the molecule is O=C(Cc1ccc(Cl)cc1Cl)NCC1CNC1. The van der Waals surface area contributed by atoms with Crippen LogP contribution in [0, 0.1) is 5.92 Å². The van der Waals surface area contributed by atoms with E-state index in [1.165, 1.54) is 0 Å². The fraction of sp³-hybridized carbons (Fsp3) is 0.417. The third-order valence-corrected chi connectivity index (χ3v) is 3.41. The molecule has 1 fully saturated rings. The van der Waals surface area contributed by atoms with Crippen molar-refractivity contribution in [1.82, 2.24) is 10.6 Å². The van der Waals surface area contributed by atoms with Crippen molar-refractivity contribution in [2.75, 3.05) is 19.6 Å². The van der Waals surface area contributed by atoms with Crippen LogP contribution in [-0.4, -0.2) is 25.5 Å². The number of hydrogen-bond donors (Lipinski definition) is 2. The first-order valence-corrected chi connectivity index (χ1v) is 6.32. The van der Waals surface area contributed by atoms with Gasteiger partial charge >= 0.3 is 0 Å². The summed E-state index contributed by atoms with van der Waals surface area (Å²) in [4.78, 5) is 11.7. The Morgan fingerprint density at radius 2 is 2.18 bits per heavy atom. The van der Waals surface area contributed by atoms with Crippen LogP contribution in [0.2, 0.25) is 10.0 Å². The largest absolute Gasteiger partial charge is 0.355 e. The Bertz CT molecular complexity index is 419. The van der Waals surface area contributed by atoms with Gasteiger partial charge in [0.05, 0.1) is 6.42 Å². The van der Waals surface area contributed by atoms with Crippen LogP contribution in [0.15, 0.2) is 18.2 Å². The number of carbonyl (C=O) groups is 1. The molecule has 17 heavy (non-hydrogen) atoms. The highest BCUT2D eigenvalue weighted by atomic mass is 35.5. The Hall–Kier alpha value is -0.770. The highest BCUT2D eigenvalue weighted by Gasteiger charge is 2.17. The predicted octanol–water partition coefficient (Wildman–Crippen LogP) is 1.87. The molecule has 92 valence electrons. The molecule has 1 amide bonds. The first-order valence-electron chi connectivity index (χ1n) is 5.56. The molecule has 1 aromatic carbocycles. The number of amides is 1. The lowest BCUT2D eigenvalue weighted by Gasteiger charge is -2.27. The summed E-state index contributed by atoms with van der Waals surface area (Å²) >= 11 is 11.8. The first-order chi connectivity index (χ1) is 8.15. The van der Waals surface area contributed by atoms with E-state index < -0.39 is 0 Å². The van der Waals surface area contributed by atoms with Gasteiger partial charge < -0.3 is 10.6 Å². The van der Waals surface area contributed by atoms with Crippen LogP contribution in [0.5, 0.6) is 0 Å². The van der Waals surface area contributed by atoms with E-state index >= 15 is 0 Å². The fourth-order valence-electron chi connectivity index (χ4n) is 1.65. The van der Waals surface area contributed by atoms with E-state index in [-0.39, 0.29) is 5.91 Å². The minimum Gasteiger partial charge on any atom is -0.355 e. The highest BCUT2D eigenvalue weighted by Crippen LogP contribution is 2.21. The van der Waals surface area contributed by atoms with Crippen LogP contribution in [0.3, 0.4) is 0 Å². The van der Waals surface area contributed by atoms with Gasteiger partial charge in [0.15, 0.2) is 0 Å². The number of halogens is 2. The normalized spacial score (nSPS) is 15.4. The predicted molar refractivity (Wildman–Crippen MR) is 69.5 cm³/mol. The lowest BCUT2D eigenvalue weighted by molar-refractivity contribution is -0.120. The molecule has 0 bridgehead atoms. The molecule has 1 saturated heterocycles. The summed E-state index contributed by atoms with van der Waals surface area (Å²) in [6, 6.07) is 5.18. The summed E-state index contributed by atoms with van der Waals surface area (Å²) < 4.78 is 0. The molecule has 0 radical (unpaired) electrons. The van der Waals surface area contributed by atoms with E-state index in [9.17, 15) is 4.79 Å². The fourth-order valence-corrected chi connectivity index (χ4v) is 2.13. The summed E-state index contributed by atoms with van der Waals surface area (Å²) in [5.41, 5.74) is 0.806. The first kappa shape index (κ1) is 12.7. The standard InChI is InChI=1S/C12H14Cl2N2O/c13-10-2-1-9(11(14)4-10)3-12(17)16-7-8-5-15-6-8/h1-2,4,8,15H,3,5-7H2,(H,16,17). The molecule has 0 spiro atoms. The van der Waals surface area contributed by atoms with Gasteiger partial charge in [-0.1, -0.05) is 29.3 Å². The number of hydrogen-bond acceptors (Lipinski definition) is 2. The summed E-state index contributed by atoms with van der Waals surface area (Å²) in [5.74, 6) is 0.570. The summed E-state index contributed by atoms with van der Waals surface area (Å²) in [6.07, 6.45) is 0.302. The molecule has 2 N–H and O–H groups in total. The van der Waals surface area contributed by atoms with Crippen molar-refractivity contribution in [3.05, 3.63) is 33.8 Å². The Kier molecular flexibility index (Phi) is 4.26. The smallest absolute Gasteiger partial charge is 0.224 e. The van der Waals surface area contributed by atoms with Crippen molar-refractivity contribution in [3.63, 3.8) is 0 Å². The average molecular weight is 273 g/mol. The van der Waals surface area contributed by atoms with E-state index in [1.807, 2.05) is 0 Å². The van der Waals surface area contributed by atoms with Crippen molar-refractivity contribution in [2.24, 2.45) is 5.92 Å². The summed E-state index contributed by atoms with van der Waals surface area (Å²) in [7, 11) is 0. The zero-order valence-electron chi connectivity index (χ0n) is 9.30. The zero-order valence-corrected chi connectivity index (χ0v) is 10.8. The lowest BCUT2D eigenvalue weighted by atomic mass is 10.0. The maximum atomic E-state index is 11.7. The van der Waals surface area contributed by atoms with E-state index in [2.05, 4.69) is 10.6 Å². The van der Waals surface area contributed by atoms with Crippen LogP contribution in [-0.2, 0) is 11.2 Å². The maximum Gasteiger partial charge on any atom is 0.224 e. The second kappa shape index (κ2) is 5.71. The van der Waals surface area contributed by atoms with Crippen molar-refractivity contribution >= 4 is 29.1 Å². The Labute approximate surface area is 110 Å². The van der Waals surface area contributed by atoms with Crippen LogP contribution in [0.25, 0.3) is 0 Å². The number of nitrogens with one attached hydrogen (secondary N) is 2. The molecule has 0 unspecified atom stereocenters. The maximum absolute atomic E-state index is 11.7. The van der Waals surface area contributed by atoms with Crippen LogP contribution in [0.1, 0.15) is 5.56 Å². The molecule has 0 aliphatic carbocycles. The van der Waals surface area contributed by atoms with Crippen molar-refractivity contribution in [2.45, 2.75) is 6.42 Å². The minimum absolute atomic E-state index is 0.00104. The van der Waals surface area contributed by atoms with Gasteiger partial charge in [-0.2, -0.15) is 0 Å².